The zero-order valence-electron chi connectivity index (χ0n) is 14.1. The standard InChI is InChI=1S/C17H20F3N5/c1-16(2)7-4-3-6-11(16)10-12-13(17(18,19)20)24-25(14(12)21)15-22-8-5-9-23-15/h5,8-10H,3-4,6-7,21H2,1-2H3. The maximum Gasteiger partial charge on any atom is 0.435 e. The normalized spacial score (nSPS) is 19.3. The Morgan fingerprint density at radius 3 is 2.48 bits per heavy atom. The Balaban J connectivity index is 2.17. The number of nitrogens with zero attached hydrogens (tertiary/aromatic N) is 4. The van der Waals surface area contributed by atoms with Crippen LogP contribution in [0.25, 0.3) is 12.0 Å². The van der Waals surface area contributed by atoms with Gasteiger partial charge in [-0.25, -0.2) is 9.97 Å². The summed E-state index contributed by atoms with van der Waals surface area (Å²) in [5.41, 5.74) is 5.71. The summed E-state index contributed by atoms with van der Waals surface area (Å²) in [5.74, 6) is -0.0922. The van der Waals surface area contributed by atoms with Crippen molar-refractivity contribution in [3.05, 3.63) is 35.3 Å². The number of hydrogen-bond acceptors (Lipinski definition) is 4. The van der Waals surface area contributed by atoms with Crippen LogP contribution in [0.1, 0.15) is 50.8 Å². The summed E-state index contributed by atoms with van der Waals surface area (Å²) < 4.78 is 41.5. The number of aromatic nitrogens is 4. The highest BCUT2D eigenvalue weighted by Crippen LogP contribution is 2.43. The molecule has 134 valence electrons. The van der Waals surface area contributed by atoms with E-state index in [1.165, 1.54) is 12.4 Å². The van der Waals surface area contributed by atoms with E-state index in [0.29, 0.717) is 0 Å². The predicted molar refractivity (Wildman–Crippen MR) is 88.8 cm³/mol. The van der Waals surface area contributed by atoms with Gasteiger partial charge in [0.1, 0.15) is 5.82 Å². The van der Waals surface area contributed by atoms with Crippen LogP contribution in [0, 0.1) is 5.41 Å². The summed E-state index contributed by atoms with van der Waals surface area (Å²) >= 11 is 0. The number of nitrogen functional groups attached to an aromatic ring is 1. The smallest absolute Gasteiger partial charge is 0.383 e. The Labute approximate surface area is 143 Å². The Hall–Kier alpha value is -2.38. The lowest BCUT2D eigenvalue weighted by Crippen LogP contribution is -2.19. The second kappa shape index (κ2) is 6.16. The maximum absolute atomic E-state index is 13.5. The Kier molecular flexibility index (Phi) is 4.30. The van der Waals surface area contributed by atoms with Crippen LogP contribution in [0.4, 0.5) is 19.0 Å². The van der Waals surface area contributed by atoms with Crippen molar-refractivity contribution in [2.75, 3.05) is 5.73 Å². The molecule has 1 aliphatic rings. The first kappa shape index (κ1) is 17.4. The van der Waals surface area contributed by atoms with Crippen LogP contribution in [-0.4, -0.2) is 19.7 Å². The third kappa shape index (κ3) is 3.38. The summed E-state index contributed by atoms with van der Waals surface area (Å²) in [6, 6.07) is 1.57. The first-order valence-corrected chi connectivity index (χ1v) is 8.14. The summed E-state index contributed by atoms with van der Waals surface area (Å²) in [6.07, 6.45) is 3.55. The summed E-state index contributed by atoms with van der Waals surface area (Å²) in [6.45, 7) is 4.10. The van der Waals surface area contributed by atoms with Gasteiger partial charge < -0.3 is 5.73 Å². The van der Waals surface area contributed by atoms with Crippen molar-refractivity contribution in [3.63, 3.8) is 0 Å². The van der Waals surface area contributed by atoms with Gasteiger partial charge in [0.05, 0.1) is 0 Å². The minimum Gasteiger partial charge on any atom is -0.383 e. The van der Waals surface area contributed by atoms with Crippen LogP contribution in [0.15, 0.2) is 24.0 Å². The van der Waals surface area contributed by atoms with Gasteiger partial charge in [-0.15, -0.1) is 0 Å². The molecule has 0 radical (unpaired) electrons. The van der Waals surface area contributed by atoms with E-state index in [4.69, 9.17) is 5.73 Å². The van der Waals surface area contributed by atoms with Crippen LogP contribution in [-0.2, 0) is 6.18 Å². The molecule has 3 rings (SSSR count). The lowest BCUT2D eigenvalue weighted by atomic mass is 9.72. The highest BCUT2D eigenvalue weighted by atomic mass is 19.4. The van der Waals surface area contributed by atoms with E-state index >= 15 is 0 Å². The van der Waals surface area contributed by atoms with Crippen LogP contribution >= 0.6 is 0 Å². The fourth-order valence-electron chi connectivity index (χ4n) is 3.17. The SMILES string of the molecule is CC1(C)CCCCC1=Cc1c(C(F)(F)F)nn(-c2ncccn2)c1N. The lowest BCUT2D eigenvalue weighted by Gasteiger charge is -2.33. The number of alkyl halides is 3. The molecular formula is C17H20F3N5. The van der Waals surface area contributed by atoms with Gasteiger partial charge in [0.2, 0.25) is 0 Å². The molecule has 0 saturated heterocycles. The minimum absolute atomic E-state index is 0.0121. The maximum atomic E-state index is 13.5. The number of allylic oxidation sites excluding steroid dienone is 1. The Morgan fingerprint density at radius 1 is 1.20 bits per heavy atom. The molecule has 2 heterocycles. The fourth-order valence-corrected chi connectivity index (χ4v) is 3.17. The molecule has 0 amide bonds. The monoisotopic (exact) mass is 351 g/mol. The molecule has 0 atom stereocenters. The van der Waals surface area contributed by atoms with Crippen LogP contribution in [0.3, 0.4) is 0 Å². The highest BCUT2D eigenvalue weighted by molar-refractivity contribution is 5.68. The van der Waals surface area contributed by atoms with Gasteiger partial charge in [-0.2, -0.15) is 23.0 Å². The van der Waals surface area contributed by atoms with Crippen LogP contribution in [0.5, 0.6) is 0 Å². The highest BCUT2D eigenvalue weighted by Gasteiger charge is 2.39. The number of rotatable bonds is 2. The average molecular weight is 351 g/mol. The molecule has 0 aromatic carbocycles. The third-order valence-electron chi connectivity index (χ3n) is 4.66. The number of hydrogen-bond donors (Lipinski definition) is 1. The fraction of sp³-hybridized carbons (Fsp3) is 0.471. The number of nitrogens with two attached hydrogens (primary N) is 1. The van der Waals surface area contributed by atoms with E-state index in [1.54, 1.807) is 12.1 Å². The van der Waals surface area contributed by atoms with Crippen molar-refractivity contribution in [1.29, 1.82) is 0 Å². The van der Waals surface area contributed by atoms with Gasteiger partial charge >= 0.3 is 6.18 Å². The lowest BCUT2D eigenvalue weighted by molar-refractivity contribution is -0.141. The summed E-state index contributed by atoms with van der Waals surface area (Å²) in [5, 5.41) is 3.66. The molecule has 0 bridgehead atoms. The van der Waals surface area contributed by atoms with E-state index in [0.717, 1.165) is 35.9 Å². The molecule has 2 N–H and O–H groups in total. The Bertz CT molecular complexity index is 791. The number of halogens is 3. The molecular weight excluding hydrogens is 331 g/mol. The van der Waals surface area contributed by atoms with Crippen molar-refractivity contribution in [2.24, 2.45) is 5.41 Å². The van der Waals surface area contributed by atoms with Crippen molar-refractivity contribution >= 4 is 11.9 Å². The molecule has 1 saturated carbocycles. The molecule has 5 nitrogen and oxygen atoms in total. The molecule has 0 aliphatic heterocycles. The molecule has 0 unspecified atom stereocenters. The van der Waals surface area contributed by atoms with Gasteiger partial charge in [0.15, 0.2) is 5.69 Å². The Morgan fingerprint density at radius 2 is 1.88 bits per heavy atom. The van der Waals surface area contributed by atoms with Gasteiger partial charge in [0.25, 0.3) is 5.95 Å². The van der Waals surface area contributed by atoms with Gasteiger partial charge in [-0.3, -0.25) is 0 Å². The third-order valence-corrected chi connectivity index (χ3v) is 4.66. The van der Waals surface area contributed by atoms with Crippen molar-refractivity contribution in [2.45, 2.75) is 45.7 Å². The van der Waals surface area contributed by atoms with Crippen molar-refractivity contribution in [1.82, 2.24) is 19.7 Å². The molecule has 2 aromatic heterocycles. The molecule has 1 aliphatic carbocycles. The number of anilines is 1. The van der Waals surface area contributed by atoms with Gasteiger partial charge in [-0.1, -0.05) is 25.8 Å². The first-order chi connectivity index (χ1) is 11.7. The largest absolute Gasteiger partial charge is 0.435 e. The zero-order valence-corrected chi connectivity index (χ0v) is 14.1. The summed E-state index contributed by atoms with van der Waals surface area (Å²) in [4.78, 5) is 7.89. The van der Waals surface area contributed by atoms with E-state index in [1.807, 2.05) is 13.8 Å². The summed E-state index contributed by atoms with van der Waals surface area (Å²) in [7, 11) is 0. The van der Waals surface area contributed by atoms with E-state index in [9.17, 15) is 13.2 Å². The molecule has 8 heteroatoms. The second-order valence-corrected chi connectivity index (χ2v) is 6.87. The zero-order chi connectivity index (χ0) is 18.2. The van der Waals surface area contributed by atoms with Gasteiger partial charge in [0, 0.05) is 18.0 Å². The topological polar surface area (TPSA) is 69.6 Å². The van der Waals surface area contributed by atoms with Crippen molar-refractivity contribution < 1.29 is 13.2 Å². The average Bonchev–Trinajstić information content (AvgIpc) is 2.87. The van der Waals surface area contributed by atoms with E-state index < -0.39 is 11.9 Å². The quantitative estimate of drug-likeness (QED) is 0.878. The van der Waals surface area contributed by atoms with Crippen molar-refractivity contribution in [3.8, 4) is 5.95 Å². The van der Waals surface area contributed by atoms with Crippen LogP contribution < -0.4 is 5.73 Å². The first-order valence-electron chi connectivity index (χ1n) is 8.14. The second-order valence-electron chi connectivity index (χ2n) is 6.87. The molecule has 2 aromatic rings. The van der Waals surface area contributed by atoms with Crippen LogP contribution in [0.2, 0.25) is 0 Å². The van der Waals surface area contributed by atoms with E-state index in [2.05, 4.69) is 15.1 Å². The molecule has 0 spiro atoms. The minimum atomic E-state index is -4.61. The van der Waals surface area contributed by atoms with E-state index in [-0.39, 0.29) is 22.7 Å². The predicted octanol–water partition coefficient (Wildman–Crippen LogP) is 4.25. The van der Waals surface area contributed by atoms with Gasteiger partial charge in [-0.05, 0) is 36.8 Å². The molecule has 25 heavy (non-hydrogen) atoms. The molecule has 1 fully saturated rings.